The molecule has 0 saturated carbocycles. The predicted molar refractivity (Wildman–Crippen MR) is 84.7 cm³/mol. The number of para-hydroxylation sites is 1. The highest BCUT2D eigenvalue weighted by Gasteiger charge is 2.16. The molecule has 2 aromatic carbocycles. The Bertz CT molecular complexity index is 645. The molecule has 5 heteroatoms. The van der Waals surface area contributed by atoms with Crippen LogP contribution >= 0.6 is 15.9 Å². The third-order valence-corrected chi connectivity index (χ3v) is 4.07. The van der Waals surface area contributed by atoms with Gasteiger partial charge in [0.15, 0.2) is 11.5 Å². The molecule has 0 atom stereocenters. The number of rotatable bonds is 5. The van der Waals surface area contributed by atoms with Crippen LogP contribution in [0.1, 0.15) is 11.1 Å². The maximum Gasteiger partial charge on any atom is 0.231 e. The van der Waals surface area contributed by atoms with E-state index >= 15 is 0 Å². The van der Waals surface area contributed by atoms with E-state index in [2.05, 4.69) is 33.4 Å². The highest BCUT2D eigenvalue weighted by Crippen LogP contribution is 2.37. The van der Waals surface area contributed by atoms with Crippen molar-refractivity contribution >= 4 is 21.6 Å². The van der Waals surface area contributed by atoms with E-state index in [1.165, 1.54) is 0 Å². The lowest BCUT2D eigenvalue weighted by molar-refractivity contribution is 0.174. The molecule has 4 nitrogen and oxygen atoms in total. The summed E-state index contributed by atoms with van der Waals surface area (Å²) in [5.74, 6) is 1.57. The molecule has 0 aliphatic carbocycles. The van der Waals surface area contributed by atoms with Crippen molar-refractivity contribution in [2.24, 2.45) is 0 Å². The topological polar surface area (TPSA) is 39.7 Å². The number of anilines is 1. The molecule has 3 rings (SSSR count). The number of ether oxygens (including phenoxy) is 3. The Labute approximate surface area is 132 Å². The number of fused-ring (bicyclic) bond motifs is 1. The van der Waals surface area contributed by atoms with E-state index in [-0.39, 0.29) is 6.79 Å². The van der Waals surface area contributed by atoms with Crippen molar-refractivity contribution in [1.82, 2.24) is 0 Å². The molecule has 0 amide bonds. The van der Waals surface area contributed by atoms with Gasteiger partial charge in [-0.25, -0.2) is 0 Å². The highest BCUT2D eigenvalue weighted by molar-refractivity contribution is 9.10. The second kappa shape index (κ2) is 6.37. The minimum Gasteiger partial charge on any atom is -0.454 e. The molecule has 0 spiro atoms. The predicted octanol–water partition coefficient (Wildman–Crippen LogP) is 3.94. The minimum absolute atomic E-state index is 0.287. The summed E-state index contributed by atoms with van der Waals surface area (Å²) < 4.78 is 17.0. The first-order chi connectivity index (χ1) is 10.3. The first-order valence-corrected chi connectivity index (χ1v) is 7.46. The van der Waals surface area contributed by atoms with Gasteiger partial charge in [-0.2, -0.15) is 0 Å². The lowest BCUT2D eigenvalue weighted by Crippen LogP contribution is -2.03. The SMILES string of the molecule is COCc1ccccc1NCc1cc2c(cc1Br)OCO2. The van der Waals surface area contributed by atoms with E-state index in [9.17, 15) is 0 Å². The Kier molecular flexibility index (Phi) is 4.31. The zero-order valence-electron chi connectivity index (χ0n) is 11.7. The molecule has 0 unspecified atom stereocenters. The van der Waals surface area contributed by atoms with E-state index < -0.39 is 0 Å². The Morgan fingerprint density at radius 1 is 1.14 bits per heavy atom. The quantitative estimate of drug-likeness (QED) is 0.887. The molecule has 0 radical (unpaired) electrons. The molecule has 2 aromatic rings. The molecule has 110 valence electrons. The van der Waals surface area contributed by atoms with Crippen molar-refractivity contribution in [3.05, 3.63) is 52.0 Å². The van der Waals surface area contributed by atoms with E-state index in [0.717, 1.165) is 32.8 Å². The first kappa shape index (κ1) is 14.2. The van der Waals surface area contributed by atoms with Gasteiger partial charge in [-0.3, -0.25) is 0 Å². The molecule has 1 heterocycles. The molecule has 1 aliphatic rings. The number of hydrogen-bond acceptors (Lipinski definition) is 4. The summed E-state index contributed by atoms with van der Waals surface area (Å²) in [4.78, 5) is 0. The standard InChI is InChI=1S/C16H16BrNO3/c1-19-9-11-4-2-3-5-14(11)18-8-12-6-15-16(7-13(12)17)21-10-20-15/h2-7,18H,8-10H2,1H3. The second-order valence-electron chi connectivity index (χ2n) is 4.74. The first-order valence-electron chi connectivity index (χ1n) is 6.66. The number of hydrogen-bond donors (Lipinski definition) is 1. The number of benzene rings is 2. The Morgan fingerprint density at radius 3 is 2.71 bits per heavy atom. The third kappa shape index (κ3) is 3.14. The van der Waals surface area contributed by atoms with Gasteiger partial charge in [-0.1, -0.05) is 34.1 Å². The summed E-state index contributed by atoms with van der Waals surface area (Å²) in [5.41, 5.74) is 3.33. The maximum atomic E-state index is 5.42. The molecule has 0 bridgehead atoms. The highest BCUT2D eigenvalue weighted by atomic mass is 79.9. The fraction of sp³-hybridized carbons (Fsp3) is 0.250. The van der Waals surface area contributed by atoms with Crippen molar-refractivity contribution in [2.75, 3.05) is 19.2 Å². The minimum atomic E-state index is 0.287. The summed E-state index contributed by atoms with van der Waals surface area (Å²) in [6, 6.07) is 12.1. The molecule has 1 N–H and O–H groups in total. The van der Waals surface area contributed by atoms with Crippen LogP contribution in [0.3, 0.4) is 0 Å². The summed E-state index contributed by atoms with van der Waals surface area (Å²) >= 11 is 3.57. The Hall–Kier alpha value is -1.72. The third-order valence-electron chi connectivity index (χ3n) is 3.33. The number of halogens is 1. The Morgan fingerprint density at radius 2 is 1.90 bits per heavy atom. The molecule has 1 aliphatic heterocycles. The van der Waals surface area contributed by atoms with Crippen molar-refractivity contribution in [1.29, 1.82) is 0 Å². The molecule has 0 aromatic heterocycles. The summed E-state index contributed by atoms with van der Waals surface area (Å²) in [6.07, 6.45) is 0. The van der Waals surface area contributed by atoms with Gasteiger partial charge in [0.1, 0.15) is 0 Å². The molecular formula is C16H16BrNO3. The van der Waals surface area contributed by atoms with E-state index in [0.29, 0.717) is 13.2 Å². The van der Waals surface area contributed by atoms with Crippen molar-refractivity contribution in [3.8, 4) is 11.5 Å². The average Bonchev–Trinajstić information content (AvgIpc) is 2.93. The Balaban J connectivity index is 1.76. The molecule has 0 saturated heterocycles. The number of nitrogens with one attached hydrogen (secondary N) is 1. The zero-order chi connectivity index (χ0) is 14.7. The average molecular weight is 350 g/mol. The normalized spacial score (nSPS) is 12.5. The molecule has 21 heavy (non-hydrogen) atoms. The maximum absolute atomic E-state index is 5.42. The van der Waals surface area contributed by atoms with Crippen LogP contribution in [0.15, 0.2) is 40.9 Å². The smallest absolute Gasteiger partial charge is 0.231 e. The lowest BCUT2D eigenvalue weighted by Gasteiger charge is -2.13. The van der Waals surface area contributed by atoms with Gasteiger partial charge in [0.05, 0.1) is 6.61 Å². The van der Waals surface area contributed by atoms with Gasteiger partial charge in [0.25, 0.3) is 0 Å². The summed E-state index contributed by atoms with van der Waals surface area (Å²) in [5, 5.41) is 3.44. The number of methoxy groups -OCH3 is 1. The monoisotopic (exact) mass is 349 g/mol. The van der Waals surface area contributed by atoms with Crippen LogP contribution in [-0.4, -0.2) is 13.9 Å². The van der Waals surface area contributed by atoms with Crippen molar-refractivity contribution in [3.63, 3.8) is 0 Å². The van der Waals surface area contributed by atoms with Gasteiger partial charge in [-0.15, -0.1) is 0 Å². The van der Waals surface area contributed by atoms with E-state index in [1.54, 1.807) is 7.11 Å². The molecule has 0 fully saturated rings. The fourth-order valence-corrected chi connectivity index (χ4v) is 2.72. The van der Waals surface area contributed by atoms with Gasteiger partial charge in [0.2, 0.25) is 6.79 Å². The second-order valence-corrected chi connectivity index (χ2v) is 5.59. The zero-order valence-corrected chi connectivity index (χ0v) is 13.3. The van der Waals surface area contributed by atoms with Gasteiger partial charge in [-0.05, 0) is 23.8 Å². The van der Waals surface area contributed by atoms with Gasteiger partial charge < -0.3 is 19.5 Å². The van der Waals surface area contributed by atoms with Crippen LogP contribution in [0, 0.1) is 0 Å². The van der Waals surface area contributed by atoms with Crippen LogP contribution in [0.25, 0.3) is 0 Å². The largest absolute Gasteiger partial charge is 0.454 e. The van der Waals surface area contributed by atoms with Gasteiger partial charge >= 0.3 is 0 Å². The van der Waals surface area contributed by atoms with Crippen LogP contribution < -0.4 is 14.8 Å². The van der Waals surface area contributed by atoms with E-state index in [4.69, 9.17) is 14.2 Å². The fourth-order valence-electron chi connectivity index (χ4n) is 2.26. The summed E-state index contributed by atoms with van der Waals surface area (Å²) in [6.45, 7) is 1.57. The van der Waals surface area contributed by atoms with Crippen LogP contribution in [-0.2, 0) is 17.9 Å². The molecular weight excluding hydrogens is 334 g/mol. The van der Waals surface area contributed by atoms with Crippen LogP contribution in [0.4, 0.5) is 5.69 Å². The lowest BCUT2D eigenvalue weighted by atomic mass is 10.1. The van der Waals surface area contributed by atoms with Gasteiger partial charge in [0, 0.05) is 29.4 Å². The van der Waals surface area contributed by atoms with Crippen molar-refractivity contribution < 1.29 is 14.2 Å². The van der Waals surface area contributed by atoms with Crippen LogP contribution in [0.5, 0.6) is 11.5 Å². The summed E-state index contributed by atoms with van der Waals surface area (Å²) in [7, 11) is 1.70. The van der Waals surface area contributed by atoms with E-state index in [1.807, 2.05) is 24.3 Å². The van der Waals surface area contributed by atoms with Crippen molar-refractivity contribution in [2.45, 2.75) is 13.2 Å². The van der Waals surface area contributed by atoms with Crippen LogP contribution in [0.2, 0.25) is 0 Å².